The van der Waals surface area contributed by atoms with Gasteiger partial charge in [-0.1, -0.05) is 73.4 Å². The van der Waals surface area contributed by atoms with Gasteiger partial charge in [0.25, 0.3) is 0 Å². The molecular weight excluding hydrogens is 1720 g/mol. The molecule has 0 bridgehead atoms. The molecule has 40 heteroatoms. The van der Waals surface area contributed by atoms with Crippen LogP contribution in [0.15, 0.2) is 0 Å². The number of halogens is 16. The SMILES string of the molecule is CC[C@H](O)[C@@H](O)CC.CC[C@H](O)[C@@H](O)CC.CC[C@H](O)[C@@H](O)CC.O[C@@H](C(Cl)Cl)[C@@H](O)C(Cl)Cl.O[C@@H](CBr)[C@@H](O)CBr.O[C@@H](CCl)[C@@H](O)CCl.O[C@@H](CF)[C@@H](O)CF.O[C@H]([C@@H](O)C(F)(F)F)C(F)(F)F.[CH2]=[Ti].[CH2]=[Ti].[CH2]=[Ti].[CH2]=[Ti].[CH2]=[Ti].[CH2]=[Ti].[CH2]=[Ti].[CH2]=[Ti]. The summed E-state index contributed by atoms with van der Waals surface area (Å²) in [5.41, 5.74) is 0. The summed E-state index contributed by atoms with van der Waals surface area (Å²) < 4.78 is 90.4. The molecule has 0 aromatic heterocycles. The van der Waals surface area contributed by atoms with Crippen molar-refractivity contribution in [3.05, 3.63) is 0 Å². The van der Waals surface area contributed by atoms with Crippen LogP contribution in [0.5, 0.6) is 0 Å². The van der Waals surface area contributed by atoms with Crippen LogP contribution >= 0.6 is 101 Å². The predicted molar refractivity (Wildman–Crippen MR) is 319 cm³/mol. The number of hydrogen-bond donors (Lipinski definition) is 16. The molecule has 0 aliphatic carbocycles. The van der Waals surface area contributed by atoms with Crippen LogP contribution in [-0.2, 0) is 160 Å². The van der Waals surface area contributed by atoms with Crippen molar-refractivity contribution in [2.75, 3.05) is 35.8 Å². The Labute approximate surface area is 643 Å². The minimum absolute atomic E-state index is 0.0217. The van der Waals surface area contributed by atoms with Crippen molar-refractivity contribution in [1.82, 2.24) is 0 Å². The van der Waals surface area contributed by atoms with Gasteiger partial charge < -0.3 is 81.7 Å². The molecule has 0 unspecified atom stereocenters. The second kappa shape index (κ2) is 105. The first kappa shape index (κ1) is 132. The fourth-order valence-electron chi connectivity index (χ4n) is 2.91. The molecule has 0 amide bonds. The van der Waals surface area contributed by atoms with Crippen molar-refractivity contribution >= 4 is 140 Å². The average molecular weight is 1810 g/mol. The Kier molecular flexibility index (Phi) is 161. The molecule has 0 aromatic carbocycles. The number of hydrogen-bond acceptors (Lipinski definition) is 16. The third kappa shape index (κ3) is 106. The number of aliphatic hydroxyl groups excluding tert-OH is 16. The minimum atomic E-state index is -5.48. The van der Waals surface area contributed by atoms with Crippen molar-refractivity contribution < 1.29 is 277 Å². The summed E-state index contributed by atoms with van der Waals surface area (Å²) >= 11 is 51.2. The Morgan fingerprint density at radius 2 is 0.453 bits per heavy atom. The van der Waals surface area contributed by atoms with Crippen LogP contribution < -0.4 is 0 Å². The molecule has 0 aliphatic rings. The molecule has 0 saturated heterocycles. The van der Waals surface area contributed by atoms with Gasteiger partial charge in [-0.3, -0.25) is 0 Å². The molecule has 0 fully saturated rings. The van der Waals surface area contributed by atoms with Gasteiger partial charge in [0.1, 0.15) is 47.4 Å². The summed E-state index contributed by atoms with van der Waals surface area (Å²) in [4.78, 5) is 23.8. The summed E-state index contributed by atoms with van der Waals surface area (Å²) in [5.74, 6) is 0.0434. The van der Waals surface area contributed by atoms with Gasteiger partial charge in [-0.05, 0) is 38.5 Å². The molecule has 16 N–H and O–H groups in total. The number of alkyl halides is 16. The Morgan fingerprint density at radius 3 is 0.523 bits per heavy atom. The van der Waals surface area contributed by atoms with E-state index in [0.717, 1.165) is 0 Å². The van der Waals surface area contributed by atoms with Gasteiger partial charge in [0, 0.05) is 10.7 Å². The van der Waals surface area contributed by atoms with Crippen molar-refractivity contribution in [2.24, 2.45) is 0 Å². The van der Waals surface area contributed by atoms with E-state index in [1.54, 1.807) is 160 Å². The van der Waals surface area contributed by atoms with Gasteiger partial charge in [0.2, 0.25) is 0 Å². The second-order valence-electron chi connectivity index (χ2n) is 13.8. The van der Waals surface area contributed by atoms with E-state index in [1.807, 2.05) is 41.5 Å². The molecule has 16 nitrogen and oxygen atoms in total. The quantitative estimate of drug-likeness (QED) is 0.0417. The monoisotopic (exact) mass is 1800 g/mol. The van der Waals surface area contributed by atoms with Crippen LogP contribution in [0.2, 0.25) is 0 Å². The molecule has 0 radical (unpaired) electrons. The summed E-state index contributed by atoms with van der Waals surface area (Å²) in [6.45, 7) is 8.89. The molecule has 0 aromatic rings. The van der Waals surface area contributed by atoms with Crippen LogP contribution in [0.4, 0.5) is 35.1 Å². The molecule has 0 rings (SSSR count). The maximum atomic E-state index is 11.3. The molecule has 16 atom stereocenters. The fourth-order valence-corrected chi connectivity index (χ4v) is 4.78. The van der Waals surface area contributed by atoms with Crippen LogP contribution in [0.3, 0.4) is 0 Å². The van der Waals surface area contributed by atoms with Crippen molar-refractivity contribution in [3.63, 3.8) is 0 Å². The van der Waals surface area contributed by atoms with Crippen molar-refractivity contribution in [3.8, 4) is 0 Å². The Balaban J connectivity index is -0.0000000450. The van der Waals surface area contributed by atoms with E-state index < -0.39 is 133 Å². The van der Waals surface area contributed by atoms with Gasteiger partial charge in [-0.25, -0.2) is 8.78 Å². The normalized spacial score (nSPS) is 15.1. The van der Waals surface area contributed by atoms with Gasteiger partial charge in [-0.15, -0.1) is 69.6 Å². The van der Waals surface area contributed by atoms with Crippen LogP contribution in [0, 0.1) is 0 Å². The zero-order valence-corrected chi connectivity index (χ0v) is 68.9. The first-order chi connectivity index (χ1) is 39.8. The third-order valence-corrected chi connectivity index (χ3v) is 11.0. The zero-order valence-electron chi connectivity index (χ0n) is 48.7. The van der Waals surface area contributed by atoms with Crippen LogP contribution in [-0.4, -0.2) is 276 Å². The summed E-state index contributed by atoms with van der Waals surface area (Å²) in [6.07, 6.45) is -26.8. The molecule has 516 valence electrons. The summed E-state index contributed by atoms with van der Waals surface area (Å²) in [6, 6.07) is 0. The van der Waals surface area contributed by atoms with Gasteiger partial charge in [0.15, 0.2) is 12.2 Å². The van der Waals surface area contributed by atoms with Crippen molar-refractivity contribution in [2.45, 2.75) is 200 Å². The van der Waals surface area contributed by atoms with Crippen LogP contribution in [0.25, 0.3) is 0 Å². The zero-order chi connectivity index (χ0) is 73.9. The Morgan fingerprint density at radius 1 is 0.314 bits per heavy atom. The molecule has 86 heavy (non-hydrogen) atoms. The molecule has 0 aliphatic heterocycles. The van der Waals surface area contributed by atoms with E-state index in [-0.39, 0.29) is 11.8 Å². The number of aliphatic hydroxyl groups is 16. The third-order valence-electron chi connectivity index (χ3n) is 7.96. The van der Waals surface area contributed by atoms with Gasteiger partial charge in [0.05, 0.1) is 72.8 Å². The standard InChI is InChI=1S/3C6H14O2.C4H8Br2O2.C4H6Cl4O2.C4H8Cl2O2.C4H4F6O2.C4H8F2O2.8CH2.8Ti/c3*1-3-5(7)6(8)4-2;5-1-3(7)4(8)2-6;5-3(6)1(9)2(10)4(7)8;5-1-3(7)4(8)2-6;5-3(6,7)1(11)2(12)4(8,9)10;5-1-3(7)4(8)2-6;;;;;;;;;;;;;;;;/h3*5-8H,3-4H2,1-2H3;3-4,7-8H,1-2H2;1-4,9-10H;3-4,7-8H,1-2H2;1-2,11-12H;3-4,7-8H,1-2H2;8*1H2;;;;;;;;/t3*5-,6-;3-,4-;1-,2-;3-,4-;1-,2-;3-,4-;;;;;;;;;;;;;;;;/m00001010................/s1. The molecule has 0 spiro atoms. The van der Waals surface area contributed by atoms with E-state index in [4.69, 9.17) is 151 Å². The first-order valence-electron chi connectivity index (χ1n) is 23.6. The fraction of sp³-hybridized carbons (Fsp3) is 0.826. The van der Waals surface area contributed by atoms with E-state index in [0.29, 0.717) is 49.2 Å². The van der Waals surface area contributed by atoms with Gasteiger partial charge >= 0.3 is 211 Å². The van der Waals surface area contributed by atoms with Crippen LogP contribution in [0.1, 0.15) is 80.1 Å². The van der Waals surface area contributed by atoms with E-state index in [1.165, 1.54) is 0 Å². The topological polar surface area (TPSA) is 324 Å². The van der Waals surface area contributed by atoms with E-state index in [9.17, 15) is 35.1 Å². The van der Waals surface area contributed by atoms with E-state index in [2.05, 4.69) is 70.4 Å². The Bertz CT molecular complexity index is 1030. The summed E-state index contributed by atoms with van der Waals surface area (Å²) in [5, 5.41) is 139. The van der Waals surface area contributed by atoms with E-state index >= 15 is 0 Å². The average Bonchev–Trinajstić information content (AvgIpc) is 3.55. The molecule has 0 saturated carbocycles. The molecular formula is C46H92Br2Cl6F8O16Ti8. The van der Waals surface area contributed by atoms with Crippen molar-refractivity contribution in [1.29, 1.82) is 0 Å². The predicted octanol–water partition coefficient (Wildman–Crippen LogP) is 3.79. The first-order valence-corrected chi connectivity index (χ1v) is 37.5. The second-order valence-corrected chi connectivity index (χ2v) is 18.0. The Hall–Kier alpha value is 6.17. The summed E-state index contributed by atoms with van der Waals surface area (Å²) in [7, 11) is 0. The number of rotatable bonds is 22. The maximum absolute atomic E-state index is 11.3. The van der Waals surface area contributed by atoms with Gasteiger partial charge in [-0.2, -0.15) is 26.3 Å². The molecule has 0 heterocycles.